The number of hydrogen-bond donors (Lipinski definition) is 1. The number of aromatic nitrogens is 1. The molecule has 0 bridgehead atoms. The van der Waals surface area contributed by atoms with Crippen LogP contribution < -0.4 is 0 Å². The van der Waals surface area contributed by atoms with Crippen LogP contribution in [0.1, 0.15) is 30.8 Å². The SMILES string of the molecule is CCN(C(=O)N(C)Cc1scnc1C)C(C)CC(=O)O. The van der Waals surface area contributed by atoms with Gasteiger partial charge in [-0.15, -0.1) is 11.3 Å². The number of hydrogen-bond acceptors (Lipinski definition) is 4. The van der Waals surface area contributed by atoms with Gasteiger partial charge >= 0.3 is 12.0 Å². The van der Waals surface area contributed by atoms with E-state index < -0.39 is 5.97 Å². The number of carbonyl (C=O) groups excluding carboxylic acids is 1. The van der Waals surface area contributed by atoms with Crippen molar-refractivity contribution in [3.05, 3.63) is 16.1 Å². The number of nitrogens with zero attached hydrogens (tertiary/aromatic N) is 3. The van der Waals surface area contributed by atoms with Gasteiger partial charge in [-0.2, -0.15) is 0 Å². The Hall–Kier alpha value is -1.63. The average Bonchev–Trinajstić information content (AvgIpc) is 2.74. The summed E-state index contributed by atoms with van der Waals surface area (Å²) in [4.78, 5) is 31.5. The van der Waals surface area contributed by atoms with Crippen LogP contribution in [0.2, 0.25) is 0 Å². The second kappa shape index (κ2) is 7.23. The number of thiazole rings is 1. The van der Waals surface area contributed by atoms with E-state index in [1.807, 2.05) is 13.8 Å². The minimum absolute atomic E-state index is 0.0486. The molecule has 1 atom stereocenters. The lowest BCUT2D eigenvalue weighted by Gasteiger charge is -2.31. The van der Waals surface area contributed by atoms with Crippen molar-refractivity contribution in [2.24, 2.45) is 0 Å². The Morgan fingerprint density at radius 3 is 2.60 bits per heavy atom. The molecule has 0 spiro atoms. The van der Waals surface area contributed by atoms with Gasteiger partial charge < -0.3 is 14.9 Å². The molecular weight excluding hydrogens is 278 g/mol. The van der Waals surface area contributed by atoms with E-state index in [9.17, 15) is 9.59 Å². The third-order valence-corrected chi connectivity index (χ3v) is 4.06. The number of aliphatic carboxylic acids is 1. The van der Waals surface area contributed by atoms with E-state index in [0.29, 0.717) is 13.1 Å². The molecular formula is C13H21N3O3S. The lowest BCUT2D eigenvalue weighted by atomic mass is 10.2. The maximum atomic E-state index is 12.4. The number of rotatable bonds is 6. The van der Waals surface area contributed by atoms with Gasteiger partial charge in [-0.1, -0.05) is 0 Å². The molecule has 0 saturated heterocycles. The van der Waals surface area contributed by atoms with Crippen LogP contribution in [-0.4, -0.2) is 51.5 Å². The molecule has 1 aromatic rings. The van der Waals surface area contributed by atoms with Gasteiger partial charge in [0.25, 0.3) is 0 Å². The molecule has 1 rings (SSSR count). The highest BCUT2D eigenvalue weighted by atomic mass is 32.1. The first-order valence-electron chi connectivity index (χ1n) is 6.49. The van der Waals surface area contributed by atoms with Gasteiger partial charge in [-0.25, -0.2) is 9.78 Å². The average molecular weight is 299 g/mol. The Labute approximate surface area is 123 Å². The maximum Gasteiger partial charge on any atom is 0.320 e. The fourth-order valence-electron chi connectivity index (χ4n) is 1.98. The minimum atomic E-state index is -0.898. The smallest absolute Gasteiger partial charge is 0.320 e. The van der Waals surface area contributed by atoms with Gasteiger partial charge in [0.05, 0.1) is 24.2 Å². The van der Waals surface area contributed by atoms with Crippen molar-refractivity contribution in [3.8, 4) is 0 Å². The van der Waals surface area contributed by atoms with Crippen LogP contribution in [0.3, 0.4) is 0 Å². The Balaban J connectivity index is 2.70. The van der Waals surface area contributed by atoms with E-state index in [0.717, 1.165) is 10.6 Å². The molecule has 0 aliphatic heterocycles. The molecule has 7 heteroatoms. The zero-order chi connectivity index (χ0) is 15.3. The normalized spacial score (nSPS) is 12.0. The molecule has 6 nitrogen and oxygen atoms in total. The van der Waals surface area contributed by atoms with Crippen molar-refractivity contribution < 1.29 is 14.7 Å². The molecule has 1 N–H and O–H groups in total. The molecule has 2 amide bonds. The highest BCUT2D eigenvalue weighted by Gasteiger charge is 2.24. The Morgan fingerprint density at radius 2 is 2.15 bits per heavy atom. The molecule has 20 heavy (non-hydrogen) atoms. The van der Waals surface area contributed by atoms with Crippen molar-refractivity contribution in [3.63, 3.8) is 0 Å². The number of urea groups is 1. The van der Waals surface area contributed by atoms with Gasteiger partial charge in [0.15, 0.2) is 0 Å². The number of carboxylic acids is 1. The lowest BCUT2D eigenvalue weighted by molar-refractivity contribution is -0.138. The van der Waals surface area contributed by atoms with E-state index in [4.69, 9.17) is 5.11 Å². The highest BCUT2D eigenvalue weighted by Crippen LogP contribution is 2.16. The number of carboxylic acid groups (broad SMARTS) is 1. The van der Waals surface area contributed by atoms with E-state index in [2.05, 4.69) is 4.98 Å². The van der Waals surface area contributed by atoms with Gasteiger partial charge in [0.1, 0.15) is 0 Å². The lowest BCUT2D eigenvalue weighted by Crippen LogP contribution is -2.46. The van der Waals surface area contributed by atoms with Crippen LogP contribution in [0, 0.1) is 6.92 Å². The molecule has 112 valence electrons. The third-order valence-electron chi connectivity index (χ3n) is 3.14. The summed E-state index contributed by atoms with van der Waals surface area (Å²) in [7, 11) is 1.72. The summed E-state index contributed by atoms with van der Waals surface area (Å²) in [6.07, 6.45) is -0.0486. The molecule has 0 fully saturated rings. The summed E-state index contributed by atoms with van der Waals surface area (Å²) in [5.74, 6) is -0.898. The van der Waals surface area contributed by atoms with Gasteiger partial charge in [-0.05, 0) is 20.8 Å². The van der Waals surface area contributed by atoms with Crippen LogP contribution in [0.15, 0.2) is 5.51 Å². The topological polar surface area (TPSA) is 73.7 Å². The second-order valence-electron chi connectivity index (χ2n) is 4.73. The summed E-state index contributed by atoms with van der Waals surface area (Å²) in [5, 5.41) is 8.83. The molecule has 1 aromatic heterocycles. The summed E-state index contributed by atoms with van der Waals surface area (Å²) >= 11 is 1.52. The molecule has 1 unspecified atom stereocenters. The summed E-state index contributed by atoms with van der Waals surface area (Å²) in [6, 6.07) is -0.482. The minimum Gasteiger partial charge on any atom is -0.481 e. The standard InChI is InChI=1S/C13H21N3O3S/c1-5-16(9(2)6-12(17)18)13(19)15(4)7-11-10(3)14-8-20-11/h8-9H,5-7H2,1-4H3,(H,17,18). The van der Waals surface area contributed by atoms with E-state index in [1.165, 1.54) is 11.3 Å². The Bertz CT molecular complexity index is 475. The van der Waals surface area contributed by atoms with E-state index in [1.54, 1.807) is 29.3 Å². The van der Waals surface area contributed by atoms with Crippen LogP contribution in [0.5, 0.6) is 0 Å². The monoisotopic (exact) mass is 299 g/mol. The number of aryl methyl sites for hydroxylation is 1. The van der Waals surface area contributed by atoms with E-state index in [-0.39, 0.29) is 18.5 Å². The fraction of sp³-hybridized carbons (Fsp3) is 0.615. The van der Waals surface area contributed by atoms with Crippen molar-refractivity contribution in [1.29, 1.82) is 0 Å². The fourth-order valence-corrected chi connectivity index (χ4v) is 2.81. The Morgan fingerprint density at radius 1 is 1.50 bits per heavy atom. The zero-order valence-corrected chi connectivity index (χ0v) is 13.1. The third kappa shape index (κ3) is 4.19. The largest absolute Gasteiger partial charge is 0.481 e. The van der Waals surface area contributed by atoms with Gasteiger partial charge in [0.2, 0.25) is 0 Å². The Kier molecular flexibility index (Phi) is 5.94. The van der Waals surface area contributed by atoms with Crippen LogP contribution >= 0.6 is 11.3 Å². The van der Waals surface area contributed by atoms with Crippen molar-refractivity contribution in [2.75, 3.05) is 13.6 Å². The number of amides is 2. The zero-order valence-electron chi connectivity index (χ0n) is 12.3. The first-order valence-corrected chi connectivity index (χ1v) is 7.37. The molecule has 0 aromatic carbocycles. The first-order chi connectivity index (χ1) is 9.36. The van der Waals surface area contributed by atoms with Crippen LogP contribution in [0.4, 0.5) is 4.79 Å². The maximum absolute atomic E-state index is 12.4. The molecule has 0 aliphatic carbocycles. The molecule has 0 saturated carbocycles. The van der Waals surface area contributed by atoms with Crippen molar-refractivity contribution in [1.82, 2.24) is 14.8 Å². The second-order valence-corrected chi connectivity index (χ2v) is 5.67. The number of carbonyl (C=O) groups is 2. The summed E-state index contributed by atoms with van der Waals surface area (Å²) in [6.45, 7) is 6.49. The van der Waals surface area contributed by atoms with Crippen LogP contribution in [-0.2, 0) is 11.3 Å². The van der Waals surface area contributed by atoms with E-state index >= 15 is 0 Å². The molecule has 0 radical (unpaired) electrons. The first kappa shape index (κ1) is 16.4. The predicted octanol–water partition coefficient (Wildman–Crippen LogP) is 2.19. The van der Waals surface area contributed by atoms with Crippen molar-refractivity contribution in [2.45, 2.75) is 39.8 Å². The summed E-state index contributed by atoms with van der Waals surface area (Å²) < 4.78 is 0. The van der Waals surface area contributed by atoms with Crippen molar-refractivity contribution >= 4 is 23.3 Å². The van der Waals surface area contributed by atoms with Gasteiger partial charge in [-0.3, -0.25) is 4.79 Å². The quantitative estimate of drug-likeness (QED) is 0.874. The highest BCUT2D eigenvalue weighted by molar-refractivity contribution is 7.09. The predicted molar refractivity (Wildman–Crippen MR) is 77.8 cm³/mol. The van der Waals surface area contributed by atoms with Gasteiger partial charge in [0, 0.05) is 24.5 Å². The summed E-state index contributed by atoms with van der Waals surface area (Å²) in [5.41, 5.74) is 2.68. The van der Waals surface area contributed by atoms with Crippen LogP contribution in [0.25, 0.3) is 0 Å². The molecule has 1 heterocycles. The molecule has 0 aliphatic rings.